The molecule has 0 aliphatic carbocycles. The van der Waals surface area contributed by atoms with Gasteiger partial charge in [-0.3, -0.25) is 9.78 Å². The van der Waals surface area contributed by atoms with Gasteiger partial charge in [0.1, 0.15) is 5.75 Å². The van der Waals surface area contributed by atoms with Crippen molar-refractivity contribution in [1.82, 2.24) is 20.2 Å². The summed E-state index contributed by atoms with van der Waals surface area (Å²) in [5.41, 5.74) is 2.83. The molecule has 3 aromatic rings. The number of amides is 1. The Morgan fingerprint density at radius 2 is 2.07 bits per heavy atom. The fourth-order valence-electron chi connectivity index (χ4n) is 3.46. The first-order valence-electron chi connectivity index (χ1n) is 10.1. The van der Waals surface area contributed by atoms with Gasteiger partial charge in [-0.25, -0.2) is 0 Å². The number of para-hydroxylation sites is 1. The van der Waals surface area contributed by atoms with Gasteiger partial charge in [0.25, 0.3) is 5.91 Å². The number of aromatic amines is 1. The zero-order chi connectivity index (χ0) is 21.7. The van der Waals surface area contributed by atoms with Crippen LogP contribution in [0.1, 0.15) is 31.1 Å². The maximum absolute atomic E-state index is 12.1. The number of nitrogens with zero attached hydrogens (tertiary/aromatic N) is 2. The number of hydrogen-bond donors (Lipinski definition) is 3. The molecule has 0 radical (unpaired) electrons. The molecule has 7 nitrogen and oxygen atoms in total. The van der Waals surface area contributed by atoms with E-state index >= 15 is 0 Å². The molecule has 2 aromatic heterocycles. The Labute approximate surface area is 177 Å². The minimum absolute atomic E-state index is 0.0798. The lowest BCUT2D eigenvalue weighted by Gasteiger charge is -2.19. The number of aromatic nitrogens is 2. The summed E-state index contributed by atoms with van der Waals surface area (Å²) in [6.45, 7) is 4.30. The van der Waals surface area contributed by atoms with Crippen LogP contribution in [0.3, 0.4) is 0 Å². The van der Waals surface area contributed by atoms with Crippen LogP contribution in [0, 0.1) is 0 Å². The first-order chi connectivity index (χ1) is 14.4. The highest BCUT2D eigenvalue weighted by molar-refractivity contribution is 5.89. The molecule has 3 atom stereocenters. The number of fused-ring (bicyclic) bond motifs is 1. The van der Waals surface area contributed by atoms with E-state index in [1.165, 1.54) is 4.90 Å². The molecule has 0 bridgehead atoms. The molecule has 0 aliphatic rings. The van der Waals surface area contributed by atoms with E-state index in [2.05, 4.69) is 22.2 Å². The van der Waals surface area contributed by atoms with Gasteiger partial charge in [-0.1, -0.05) is 18.2 Å². The molecule has 160 valence electrons. The van der Waals surface area contributed by atoms with Crippen molar-refractivity contribution < 1.29 is 14.6 Å². The van der Waals surface area contributed by atoms with Gasteiger partial charge >= 0.3 is 0 Å². The number of rotatable bonds is 9. The molecule has 2 heterocycles. The molecule has 3 rings (SSSR count). The van der Waals surface area contributed by atoms with Crippen LogP contribution in [0.15, 0.2) is 48.9 Å². The van der Waals surface area contributed by atoms with Gasteiger partial charge in [-0.2, -0.15) is 0 Å². The van der Waals surface area contributed by atoms with Gasteiger partial charge in [-0.15, -0.1) is 0 Å². The van der Waals surface area contributed by atoms with Crippen LogP contribution in [-0.2, 0) is 11.2 Å². The van der Waals surface area contributed by atoms with E-state index in [0.717, 1.165) is 28.5 Å². The standard InChI is InChI=1S/C23H30N4O3/c1-15(25-14-20(28)17-7-6-10-24-12-17)11-18-13-26-22-19(18)8-5-9-21(22)30-16(2)23(29)27(3)4/h5-10,12-13,15-16,20,25-26,28H,11,14H2,1-4H3/t15-,16+,20-/m1/s1. The SMILES string of the molecule is C[C@H](Cc1c[nH]c2c(O[C@@H](C)C(=O)N(C)C)cccc12)NC[C@@H](O)c1cccnc1. The van der Waals surface area contributed by atoms with Gasteiger partial charge in [0, 0.05) is 56.2 Å². The quantitative estimate of drug-likeness (QED) is 0.505. The number of ether oxygens (including phenoxy) is 1. The molecule has 3 N–H and O–H groups in total. The Morgan fingerprint density at radius 1 is 1.27 bits per heavy atom. The lowest BCUT2D eigenvalue weighted by molar-refractivity contribution is -0.135. The number of aliphatic hydroxyl groups is 1. The second kappa shape index (κ2) is 9.73. The fourth-order valence-corrected chi connectivity index (χ4v) is 3.46. The molecule has 1 aromatic carbocycles. The first-order valence-corrected chi connectivity index (χ1v) is 10.1. The minimum Gasteiger partial charge on any atom is -0.479 e. The maximum atomic E-state index is 12.1. The van der Waals surface area contributed by atoms with Crippen LogP contribution in [-0.4, -0.2) is 58.7 Å². The van der Waals surface area contributed by atoms with Gasteiger partial charge in [0.2, 0.25) is 0 Å². The van der Waals surface area contributed by atoms with Crippen LogP contribution < -0.4 is 10.1 Å². The summed E-state index contributed by atoms with van der Waals surface area (Å²) in [7, 11) is 3.43. The zero-order valence-corrected chi connectivity index (χ0v) is 17.9. The number of aliphatic hydroxyl groups excluding tert-OH is 1. The van der Waals surface area contributed by atoms with Crippen LogP contribution in [0.4, 0.5) is 0 Å². The molecule has 0 unspecified atom stereocenters. The third-order valence-electron chi connectivity index (χ3n) is 5.11. The van der Waals surface area contributed by atoms with Crippen molar-refractivity contribution in [2.75, 3.05) is 20.6 Å². The Balaban J connectivity index is 1.65. The van der Waals surface area contributed by atoms with Crippen LogP contribution in [0.2, 0.25) is 0 Å². The highest BCUT2D eigenvalue weighted by Gasteiger charge is 2.19. The largest absolute Gasteiger partial charge is 0.479 e. The monoisotopic (exact) mass is 410 g/mol. The van der Waals surface area contributed by atoms with Gasteiger partial charge in [0.05, 0.1) is 11.6 Å². The zero-order valence-electron chi connectivity index (χ0n) is 17.9. The van der Waals surface area contributed by atoms with Crippen molar-refractivity contribution in [3.05, 3.63) is 60.0 Å². The highest BCUT2D eigenvalue weighted by Crippen LogP contribution is 2.29. The molecular weight excluding hydrogens is 380 g/mol. The van der Waals surface area contributed by atoms with E-state index < -0.39 is 12.2 Å². The first kappa shape index (κ1) is 21.8. The Kier molecular flexibility index (Phi) is 7.07. The van der Waals surface area contributed by atoms with E-state index in [1.54, 1.807) is 33.4 Å². The summed E-state index contributed by atoms with van der Waals surface area (Å²) in [4.78, 5) is 21.0. The van der Waals surface area contributed by atoms with Crippen molar-refractivity contribution in [2.24, 2.45) is 0 Å². The molecule has 30 heavy (non-hydrogen) atoms. The van der Waals surface area contributed by atoms with Crippen LogP contribution in [0.25, 0.3) is 10.9 Å². The maximum Gasteiger partial charge on any atom is 0.262 e. The second-order valence-corrected chi connectivity index (χ2v) is 7.80. The summed E-state index contributed by atoms with van der Waals surface area (Å²) < 4.78 is 5.92. The Bertz CT molecular complexity index is 971. The van der Waals surface area contributed by atoms with E-state index in [4.69, 9.17) is 4.74 Å². The van der Waals surface area contributed by atoms with Gasteiger partial charge in [-0.05, 0) is 38.0 Å². The van der Waals surface area contributed by atoms with Gasteiger partial charge in [0.15, 0.2) is 6.10 Å². The van der Waals surface area contributed by atoms with Gasteiger partial charge < -0.3 is 25.0 Å². The number of H-pyrrole nitrogens is 1. The smallest absolute Gasteiger partial charge is 0.262 e. The number of carbonyl (C=O) groups excluding carboxylic acids is 1. The lowest BCUT2D eigenvalue weighted by Crippen LogP contribution is -2.35. The molecule has 0 aliphatic heterocycles. The third-order valence-corrected chi connectivity index (χ3v) is 5.11. The predicted molar refractivity (Wildman–Crippen MR) is 117 cm³/mol. The number of hydrogen-bond acceptors (Lipinski definition) is 5. The summed E-state index contributed by atoms with van der Waals surface area (Å²) in [6.07, 6.45) is 4.98. The van der Waals surface area contributed by atoms with Crippen molar-refractivity contribution in [3.63, 3.8) is 0 Å². The third kappa shape index (κ3) is 5.17. The number of benzene rings is 1. The average molecular weight is 411 g/mol. The van der Waals surface area contributed by atoms with Crippen LogP contribution in [0.5, 0.6) is 5.75 Å². The Morgan fingerprint density at radius 3 is 2.77 bits per heavy atom. The predicted octanol–water partition coefficient (Wildman–Crippen LogP) is 2.67. The molecule has 7 heteroatoms. The van der Waals surface area contributed by atoms with Crippen molar-refractivity contribution in [3.8, 4) is 5.75 Å². The fraction of sp³-hybridized carbons (Fsp3) is 0.391. The van der Waals surface area contributed by atoms with E-state index in [9.17, 15) is 9.90 Å². The summed E-state index contributed by atoms with van der Waals surface area (Å²) >= 11 is 0. The molecule has 0 fully saturated rings. The topological polar surface area (TPSA) is 90.5 Å². The van der Waals surface area contributed by atoms with E-state index in [0.29, 0.717) is 12.3 Å². The molecule has 0 spiro atoms. The molecule has 0 saturated heterocycles. The molecule has 0 saturated carbocycles. The molecule has 1 amide bonds. The number of likely N-dealkylation sites (N-methyl/N-ethyl adjacent to an activating group) is 1. The average Bonchev–Trinajstić information content (AvgIpc) is 3.15. The Hall–Kier alpha value is -2.90. The number of nitrogens with one attached hydrogen (secondary N) is 2. The summed E-state index contributed by atoms with van der Waals surface area (Å²) in [5, 5.41) is 14.8. The van der Waals surface area contributed by atoms with Crippen molar-refractivity contribution in [1.29, 1.82) is 0 Å². The number of carbonyl (C=O) groups is 1. The van der Waals surface area contributed by atoms with Crippen molar-refractivity contribution >= 4 is 16.8 Å². The number of pyridine rings is 1. The lowest BCUT2D eigenvalue weighted by atomic mass is 10.1. The highest BCUT2D eigenvalue weighted by atomic mass is 16.5. The van der Waals surface area contributed by atoms with E-state index in [-0.39, 0.29) is 11.9 Å². The summed E-state index contributed by atoms with van der Waals surface area (Å²) in [5.74, 6) is 0.581. The molecular formula is C23H30N4O3. The van der Waals surface area contributed by atoms with Crippen LogP contribution >= 0.6 is 0 Å². The second-order valence-electron chi connectivity index (χ2n) is 7.80. The van der Waals surface area contributed by atoms with Crippen molar-refractivity contribution in [2.45, 2.75) is 38.5 Å². The van der Waals surface area contributed by atoms with E-state index in [1.807, 2.05) is 36.5 Å². The minimum atomic E-state index is -0.597. The normalized spacial score (nSPS) is 14.3. The summed E-state index contributed by atoms with van der Waals surface area (Å²) in [6, 6.07) is 9.70.